The molecule has 3 aromatic rings. The molecule has 2 aromatic carbocycles. The molecule has 0 spiro atoms. The van der Waals surface area contributed by atoms with Gasteiger partial charge < -0.3 is 19.4 Å². The normalized spacial score (nSPS) is 16.3. The number of nitrogens with one attached hydrogen (secondary N) is 1. The highest BCUT2D eigenvalue weighted by Gasteiger charge is 2.28. The van der Waals surface area contributed by atoms with Gasteiger partial charge in [-0.3, -0.25) is 4.79 Å². The zero-order valence-corrected chi connectivity index (χ0v) is 15.2. The molecule has 4 rings (SSSR count). The number of benzene rings is 2. The number of rotatable bonds is 3. The van der Waals surface area contributed by atoms with E-state index in [4.69, 9.17) is 9.47 Å². The van der Waals surface area contributed by atoms with E-state index < -0.39 is 0 Å². The molecule has 0 bridgehead atoms. The first-order valence-corrected chi connectivity index (χ1v) is 8.77. The van der Waals surface area contributed by atoms with Gasteiger partial charge >= 0.3 is 0 Å². The average Bonchev–Trinajstić information content (AvgIpc) is 3.04. The van der Waals surface area contributed by atoms with E-state index >= 15 is 0 Å². The summed E-state index contributed by atoms with van der Waals surface area (Å²) < 4.78 is 11.4. The Bertz CT molecular complexity index is 977. The number of amides is 1. The minimum atomic E-state index is -0.0355. The van der Waals surface area contributed by atoms with Crippen LogP contribution < -0.4 is 14.4 Å². The van der Waals surface area contributed by atoms with Crippen LogP contribution in [0.1, 0.15) is 18.1 Å². The summed E-state index contributed by atoms with van der Waals surface area (Å²) in [5, 5.41) is 0.967. The highest BCUT2D eigenvalue weighted by molar-refractivity contribution is 6.00. The number of hydrogen-bond donors (Lipinski definition) is 1. The molecule has 26 heavy (non-hydrogen) atoms. The number of methoxy groups -OCH3 is 1. The first-order chi connectivity index (χ1) is 12.6. The molecule has 1 aliphatic heterocycles. The van der Waals surface area contributed by atoms with Gasteiger partial charge in [0.25, 0.3) is 0 Å². The van der Waals surface area contributed by atoms with Gasteiger partial charge in [0, 0.05) is 17.1 Å². The molecule has 5 heteroatoms. The highest BCUT2D eigenvalue weighted by atomic mass is 16.5. The lowest BCUT2D eigenvalue weighted by molar-refractivity contribution is -0.118. The first-order valence-electron chi connectivity index (χ1n) is 8.77. The average molecular weight is 350 g/mol. The predicted molar refractivity (Wildman–Crippen MR) is 102 cm³/mol. The fourth-order valence-corrected chi connectivity index (χ4v) is 3.57. The maximum absolute atomic E-state index is 13.1. The fourth-order valence-electron chi connectivity index (χ4n) is 3.57. The molecule has 134 valence electrons. The molecule has 1 N–H and O–H groups in total. The second-order valence-corrected chi connectivity index (χ2v) is 6.78. The molecule has 0 saturated heterocycles. The van der Waals surface area contributed by atoms with Crippen LogP contribution in [0, 0.1) is 6.92 Å². The molecule has 0 saturated carbocycles. The molecule has 1 unspecified atom stereocenters. The molecule has 2 heterocycles. The van der Waals surface area contributed by atoms with Crippen molar-refractivity contribution in [2.24, 2.45) is 0 Å². The zero-order chi connectivity index (χ0) is 18.3. The van der Waals surface area contributed by atoms with Crippen LogP contribution in [0.2, 0.25) is 0 Å². The van der Waals surface area contributed by atoms with Crippen LogP contribution in [0.25, 0.3) is 10.9 Å². The number of aromatic nitrogens is 1. The van der Waals surface area contributed by atoms with Gasteiger partial charge in [-0.15, -0.1) is 0 Å². The van der Waals surface area contributed by atoms with Gasteiger partial charge in [0.2, 0.25) is 5.91 Å². The van der Waals surface area contributed by atoms with E-state index in [-0.39, 0.29) is 12.0 Å². The summed E-state index contributed by atoms with van der Waals surface area (Å²) in [5.74, 6) is 1.59. The van der Waals surface area contributed by atoms with Crippen LogP contribution in [0.5, 0.6) is 11.5 Å². The molecule has 1 aromatic heterocycles. The molecule has 0 fully saturated rings. The van der Waals surface area contributed by atoms with Crippen LogP contribution in [0.15, 0.2) is 42.6 Å². The Labute approximate surface area is 152 Å². The van der Waals surface area contributed by atoms with E-state index in [0.717, 1.165) is 39.2 Å². The number of fused-ring (bicyclic) bond motifs is 2. The smallest absolute Gasteiger partial charge is 0.231 e. The second kappa shape index (κ2) is 6.41. The van der Waals surface area contributed by atoms with Gasteiger partial charge in [-0.1, -0.05) is 12.1 Å². The van der Waals surface area contributed by atoms with Crippen molar-refractivity contribution in [3.05, 3.63) is 53.7 Å². The summed E-state index contributed by atoms with van der Waals surface area (Å²) in [7, 11) is 1.65. The molecular weight excluding hydrogens is 328 g/mol. The summed E-state index contributed by atoms with van der Waals surface area (Å²) in [6.45, 7) is 4.55. The molecular formula is C21H22N2O3. The van der Waals surface area contributed by atoms with Crippen LogP contribution in [-0.4, -0.2) is 30.6 Å². The third kappa shape index (κ3) is 2.79. The van der Waals surface area contributed by atoms with Crippen molar-refractivity contribution in [1.82, 2.24) is 4.98 Å². The van der Waals surface area contributed by atoms with Crippen LogP contribution in [-0.2, 0) is 11.2 Å². The van der Waals surface area contributed by atoms with Crippen molar-refractivity contribution in [2.75, 3.05) is 18.6 Å². The third-order valence-corrected chi connectivity index (χ3v) is 4.78. The molecule has 1 aliphatic rings. The van der Waals surface area contributed by atoms with Gasteiger partial charge in [0.15, 0.2) is 0 Å². The Kier molecular flexibility index (Phi) is 4.07. The number of nitrogens with zero attached hydrogens (tertiary/aromatic N) is 1. The minimum Gasteiger partial charge on any atom is -0.496 e. The van der Waals surface area contributed by atoms with Gasteiger partial charge in [0.05, 0.1) is 25.8 Å². The number of H-pyrrole nitrogens is 1. The van der Waals surface area contributed by atoms with Gasteiger partial charge in [-0.05, 0) is 49.2 Å². The van der Waals surface area contributed by atoms with Crippen molar-refractivity contribution < 1.29 is 14.3 Å². The molecule has 0 aliphatic carbocycles. The minimum absolute atomic E-state index is 0.0355. The van der Waals surface area contributed by atoms with Crippen molar-refractivity contribution in [3.8, 4) is 11.5 Å². The summed E-state index contributed by atoms with van der Waals surface area (Å²) in [4.78, 5) is 18.2. The Morgan fingerprint density at radius 3 is 3.00 bits per heavy atom. The number of anilines is 1. The lowest BCUT2D eigenvalue weighted by Gasteiger charge is -2.33. The Morgan fingerprint density at radius 2 is 2.19 bits per heavy atom. The van der Waals surface area contributed by atoms with E-state index in [2.05, 4.69) is 4.98 Å². The summed E-state index contributed by atoms with van der Waals surface area (Å²) in [5.41, 5.74) is 3.86. The lowest BCUT2D eigenvalue weighted by Crippen LogP contribution is -2.43. The number of carbonyl (C=O) groups is 1. The number of ether oxygens (including phenoxy) is 2. The molecule has 1 atom stereocenters. The summed E-state index contributed by atoms with van der Waals surface area (Å²) in [6.07, 6.45) is 2.17. The standard InChI is InChI=1S/C21H22N2O3/c1-13-7-8-18-17(9-13)23(12-14(2)26-18)20(24)10-15-11-22-16-5-4-6-19(25-3)21(15)16/h4-9,11,14,22H,10,12H2,1-3H3. The number of carbonyl (C=O) groups excluding carboxylic acids is 1. The van der Waals surface area contributed by atoms with Crippen LogP contribution in [0.3, 0.4) is 0 Å². The van der Waals surface area contributed by atoms with Crippen LogP contribution >= 0.6 is 0 Å². The van der Waals surface area contributed by atoms with Crippen molar-refractivity contribution in [2.45, 2.75) is 26.4 Å². The maximum atomic E-state index is 13.1. The SMILES string of the molecule is COc1cccc2[nH]cc(CC(=O)N3CC(C)Oc4ccc(C)cc43)c12. The maximum Gasteiger partial charge on any atom is 0.231 e. The largest absolute Gasteiger partial charge is 0.496 e. The van der Waals surface area contributed by atoms with Crippen molar-refractivity contribution in [3.63, 3.8) is 0 Å². The quantitative estimate of drug-likeness (QED) is 0.781. The second-order valence-electron chi connectivity index (χ2n) is 6.78. The Morgan fingerprint density at radius 1 is 1.35 bits per heavy atom. The van der Waals surface area contributed by atoms with E-state index in [1.165, 1.54) is 0 Å². The Balaban J connectivity index is 1.69. The van der Waals surface area contributed by atoms with Gasteiger partial charge in [-0.2, -0.15) is 0 Å². The summed E-state index contributed by atoms with van der Waals surface area (Å²) >= 11 is 0. The Hall–Kier alpha value is -2.95. The monoisotopic (exact) mass is 350 g/mol. The zero-order valence-electron chi connectivity index (χ0n) is 15.2. The summed E-state index contributed by atoms with van der Waals surface area (Å²) in [6, 6.07) is 11.8. The number of aromatic amines is 1. The van der Waals surface area contributed by atoms with E-state index in [9.17, 15) is 4.79 Å². The molecule has 0 radical (unpaired) electrons. The van der Waals surface area contributed by atoms with Gasteiger partial charge in [0.1, 0.15) is 17.6 Å². The van der Waals surface area contributed by atoms with Crippen molar-refractivity contribution in [1.29, 1.82) is 0 Å². The number of hydrogen-bond acceptors (Lipinski definition) is 3. The van der Waals surface area contributed by atoms with E-state index in [1.807, 2.05) is 61.3 Å². The lowest BCUT2D eigenvalue weighted by atomic mass is 10.1. The van der Waals surface area contributed by atoms with Crippen molar-refractivity contribution >= 4 is 22.5 Å². The topological polar surface area (TPSA) is 54.6 Å². The van der Waals surface area contributed by atoms with Crippen LogP contribution in [0.4, 0.5) is 5.69 Å². The fraction of sp³-hybridized carbons (Fsp3) is 0.286. The predicted octanol–water partition coefficient (Wildman–Crippen LogP) is 3.84. The molecule has 5 nitrogen and oxygen atoms in total. The van der Waals surface area contributed by atoms with E-state index in [0.29, 0.717) is 13.0 Å². The van der Waals surface area contributed by atoms with E-state index in [1.54, 1.807) is 7.11 Å². The first kappa shape index (κ1) is 16.5. The third-order valence-electron chi connectivity index (χ3n) is 4.78. The molecule has 1 amide bonds. The number of aryl methyl sites for hydroxylation is 1. The highest BCUT2D eigenvalue weighted by Crippen LogP contribution is 2.35. The van der Waals surface area contributed by atoms with Gasteiger partial charge in [-0.25, -0.2) is 0 Å².